The molecule has 1 unspecified atom stereocenters. The average molecular weight is 538 g/mol. The summed E-state index contributed by atoms with van der Waals surface area (Å²) in [6.45, 7) is 4.52. The molecule has 40 heavy (non-hydrogen) atoms. The van der Waals surface area contributed by atoms with Crippen LogP contribution in [0.3, 0.4) is 0 Å². The fourth-order valence-electron chi connectivity index (χ4n) is 4.56. The van der Waals surface area contributed by atoms with Crippen LogP contribution in [0.25, 0.3) is 5.76 Å². The van der Waals surface area contributed by atoms with E-state index in [-0.39, 0.29) is 17.0 Å². The second-order valence-corrected chi connectivity index (χ2v) is 9.87. The first kappa shape index (κ1) is 26.7. The maximum atomic E-state index is 14.3. The average Bonchev–Trinajstić information content (AvgIpc) is 3.22. The summed E-state index contributed by atoms with van der Waals surface area (Å²) in [4.78, 5) is 28.1. The predicted molar refractivity (Wildman–Crippen MR) is 151 cm³/mol. The highest BCUT2D eigenvalue weighted by Gasteiger charge is 2.47. The third-order valence-corrected chi connectivity index (χ3v) is 6.37. The molecule has 1 fully saturated rings. The Morgan fingerprint density at radius 3 is 2.30 bits per heavy atom. The number of halogens is 1. The molecule has 0 spiro atoms. The van der Waals surface area contributed by atoms with Crippen LogP contribution in [0, 0.1) is 11.7 Å². The molecule has 0 radical (unpaired) electrons. The molecule has 1 saturated heterocycles. The predicted octanol–water partition coefficient (Wildman–Crippen LogP) is 7.28. The third kappa shape index (κ3) is 5.59. The first-order valence-corrected chi connectivity index (χ1v) is 12.9. The van der Waals surface area contributed by atoms with Crippen molar-refractivity contribution in [2.24, 2.45) is 5.92 Å². The van der Waals surface area contributed by atoms with Crippen LogP contribution in [0.15, 0.2) is 109 Å². The summed E-state index contributed by atoms with van der Waals surface area (Å²) >= 11 is 0. The van der Waals surface area contributed by atoms with Crippen molar-refractivity contribution >= 4 is 23.1 Å². The van der Waals surface area contributed by atoms with Gasteiger partial charge in [0.1, 0.15) is 28.8 Å². The van der Waals surface area contributed by atoms with Gasteiger partial charge in [0.25, 0.3) is 11.7 Å². The normalized spacial score (nSPS) is 16.4. The SMILES string of the molecule is CC(C)COc1cccc(/C(O)=C2\C(=O)C(=O)N(c3cccc(F)c3)C2c2cccc(Oc3ccccc3)c2)c1. The van der Waals surface area contributed by atoms with E-state index in [9.17, 15) is 19.1 Å². The molecule has 0 saturated carbocycles. The zero-order valence-corrected chi connectivity index (χ0v) is 22.1. The van der Waals surface area contributed by atoms with E-state index in [2.05, 4.69) is 0 Å². The Morgan fingerprint density at radius 2 is 1.55 bits per heavy atom. The Labute approximate surface area is 231 Å². The van der Waals surface area contributed by atoms with Crippen LogP contribution < -0.4 is 14.4 Å². The number of carbonyl (C=O) groups is 2. The summed E-state index contributed by atoms with van der Waals surface area (Å²) in [7, 11) is 0. The molecule has 1 N–H and O–H groups in total. The number of nitrogens with zero attached hydrogens (tertiary/aromatic N) is 1. The minimum atomic E-state index is -1.04. The standard InChI is InChI=1S/C33H28FNO5/c1-21(2)20-39-27-15-7-10-23(18-27)31(36)29-30(35(33(38)32(29)37)25-12-8-11-24(34)19-25)22-9-6-16-28(17-22)40-26-13-4-3-5-14-26/h3-19,21,30,36H,20H2,1-2H3/b31-29+. The maximum Gasteiger partial charge on any atom is 0.300 e. The molecule has 1 aliphatic heterocycles. The second-order valence-electron chi connectivity index (χ2n) is 9.87. The molecule has 1 amide bonds. The minimum absolute atomic E-state index is 0.118. The summed E-state index contributed by atoms with van der Waals surface area (Å²) in [6, 6.07) is 27.2. The number of amides is 1. The lowest BCUT2D eigenvalue weighted by atomic mass is 9.95. The Balaban J connectivity index is 1.63. The first-order valence-electron chi connectivity index (χ1n) is 12.9. The van der Waals surface area contributed by atoms with Gasteiger partial charge in [-0.25, -0.2) is 4.39 Å². The molecular formula is C33H28FNO5. The van der Waals surface area contributed by atoms with Gasteiger partial charge in [-0.3, -0.25) is 14.5 Å². The van der Waals surface area contributed by atoms with Crippen molar-refractivity contribution in [2.45, 2.75) is 19.9 Å². The highest BCUT2D eigenvalue weighted by Crippen LogP contribution is 2.43. The number of ketones is 1. The number of hydrogen-bond donors (Lipinski definition) is 1. The van der Waals surface area contributed by atoms with Gasteiger partial charge in [-0.15, -0.1) is 0 Å². The number of anilines is 1. The van der Waals surface area contributed by atoms with Crippen LogP contribution in [0.5, 0.6) is 17.2 Å². The van der Waals surface area contributed by atoms with Crippen LogP contribution in [0.2, 0.25) is 0 Å². The lowest BCUT2D eigenvalue weighted by Gasteiger charge is -2.26. The number of aliphatic hydroxyl groups excluding tert-OH is 1. The van der Waals surface area contributed by atoms with E-state index in [0.29, 0.717) is 40.9 Å². The third-order valence-electron chi connectivity index (χ3n) is 6.37. The monoisotopic (exact) mass is 537 g/mol. The fraction of sp³-hybridized carbons (Fsp3) is 0.152. The fourth-order valence-corrected chi connectivity index (χ4v) is 4.56. The van der Waals surface area contributed by atoms with Crippen LogP contribution in [0.4, 0.5) is 10.1 Å². The van der Waals surface area contributed by atoms with Crippen molar-refractivity contribution in [3.8, 4) is 17.2 Å². The van der Waals surface area contributed by atoms with Crippen LogP contribution >= 0.6 is 0 Å². The van der Waals surface area contributed by atoms with Gasteiger partial charge >= 0.3 is 0 Å². The van der Waals surface area contributed by atoms with E-state index in [1.807, 2.05) is 32.0 Å². The van der Waals surface area contributed by atoms with Crippen molar-refractivity contribution in [2.75, 3.05) is 11.5 Å². The molecular weight excluding hydrogens is 509 g/mol. The Morgan fingerprint density at radius 1 is 0.850 bits per heavy atom. The van der Waals surface area contributed by atoms with Crippen LogP contribution in [0.1, 0.15) is 31.0 Å². The molecule has 6 nitrogen and oxygen atoms in total. The van der Waals surface area contributed by atoms with Crippen LogP contribution in [-0.2, 0) is 9.59 Å². The summed E-state index contributed by atoms with van der Waals surface area (Å²) < 4.78 is 26.1. The van der Waals surface area contributed by atoms with Crippen molar-refractivity contribution in [3.05, 3.63) is 126 Å². The number of aliphatic hydroxyl groups is 1. The molecule has 0 aromatic heterocycles. The zero-order chi connectivity index (χ0) is 28.2. The molecule has 202 valence electrons. The summed E-state index contributed by atoms with van der Waals surface area (Å²) in [5, 5.41) is 11.5. The van der Waals surface area contributed by atoms with E-state index in [4.69, 9.17) is 9.47 Å². The number of rotatable bonds is 8. The molecule has 0 bridgehead atoms. The van der Waals surface area contributed by atoms with Gasteiger partial charge in [0.05, 0.1) is 18.2 Å². The lowest BCUT2D eigenvalue weighted by Crippen LogP contribution is -2.29. The lowest BCUT2D eigenvalue weighted by molar-refractivity contribution is -0.132. The molecule has 1 heterocycles. The number of Topliss-reactive ketones (excluding diaryl/α,β-unsaturated/α-hetero) is 1. The smallest absolute Gasteiger partial charge is 0.300 e. The van der Waals surface area contributed by atoms with E-state index < -0.39 is 23.5 Å². The molecule has 4 aromatic carbocycles. The number of para-hydroxylation sites is 1. The van der Waals surface area contributed by atoms with Gasteiger partial charge in [-0.1, -0.05) is 62.4 Å². The number of hydrogen-bond acceptors (Lipinski definition) is 5. The van der Waals surface area contributed by atoms with E-state index >= 15 is 0 Å². The molecule has 1 atom stereocenters. The van der Waals surface area contributed by atoms with E-state index in [0.717, 1.165) is 0 Å². The van der Waals surface area contributed by atoms with Gasteiger partial charge in [0.2, 0.25) is 0 Å². The molecule has 7 heteroatoms. The Hall–Kier alpha value is -4.91. The summed E-state index contributed by atoms with van der Waals surface area (Å²) in [5.41, 5.74) is 0.896. The van der Waals surface area contributed by atoms with Crippen molar-refractivity contribution in [3.63, 3.8) is 0 Å². The largest absolute Gasteiger partial charge is 0.507 e. The molecule has 4 aromatic rings. The number of benzene rings is 4. The zero-order valence-electron chi connectivity index (χ0n) is 22.1. The van der Waals surface area contributed by atoms with Gasteiger partial charge in [-0.05, 0) is 66.1 Å². The van der Waals surface area contributed by atoms with Gasteiger partial charge in [0.15, 0.2) is 0 Å². The number of carbonyl (C=O) groups excluding carboxylic acids is 2. The van der Waals surface area contributed by atoms with Crippen LogP contribution in [-0.4, -0.2) is 23.4 Å². The topological polar surface area (TPSA) is 76.1 Å². The molecule has 1 aliphatic rings. The highest BCUT2D eigenvalue weighted by molar-refractivity contribution is 6.51. The second kappa shape index (κ2) is 11.5. The van der Waals surface area contributed by atoms with Gasteiger partial charge in [0, 0.05) is 11.3 Å². The summed E-state index contributed by atoms with van der Waals surface area (Å²) in [6.07, 6.45) is 0. The van der Waals surface area contributed by atoms with E-state index in [1.165, 1.54) is 23.1 Å². The minimum Gasteiger partial charge on any atom is -0.507 e. The Bertz CT molecular complexity index is 1580. The Kier molecular flexibility index (Phi) is 7.64. The summed E-state index contributed by atoms with van der Waals surface area (Å²) in [5.74, 6) is -0.782. The first-order chi connectivity index (χ1) is 19.3. The van der Waals surface area contributed by atoms with Gasteiger partial charge < -0.3 is 14.6 Å². The number of ether oxygens (including phenoxy) is 2. The van der Waals surface area contributed by atoms with Crippen molar-refractivity contribution in [1.29, 1.82) is 0 Å². The van der Waals surface area contributed by atoms with E-state index in [1.54, 1.807) is 66.7 Å². The van der Waals surface area contributed by atoms with Gasteiger partial charge in [-0.2, -0.15) is 0 Å². The van der Waals surface area contributed by atoms with Crippen molar-refractivity contribution in [1.82, 2.24) is 0 Å². The maximum absolute atomic E-state index is 14.3. The highest BCUT2D eigenvalue weighted by atomic mass is 19.1. The molecule has 0 aliphatic carbocycles. The quantitative estimate of drug-likeness (QED) is 0.145. The van der Waals surface area contributed by atoms with Crippen molar-refractivity contribution < 1.29 is 28.6 Å². The molecule has 5 rings (SSSR count).